The topological polar surface area (TPSA) is 38.0 Å². The number of benzene rings is 1. The molecule has 2 nitrogen and oxygen atoms in total. The molecule has 0 aliphatic heterocycles. The van der Waals surface area contributed by atoms with E-state index in [1.54, 1.807) is 17.4 Å². The van der Waals surface area contributed by atoms with Gasteiger partial charge < -0.3 is 0 Å². The van der Waals surface area contributed by atoms with Crippen LogP contribution in [0, 0.1) is 9.39 Å². The van der Waals surface area contributed by atoms with Crippen molar-refractivity contribution in [2.75, 3.05) is 0 Å². The standard InChI is InChI=1S/C12H11BrFIN2S/c13-7-3-9(18-6-7)5-12(17-16)10-2-1-8(14)4-11(10)15/h1-4,6,12,17H,5,16H2. The van der Waals surface area contributed by atoms with E-state index in [0.29, 0.717) is 0 Å². The van der Waals surface area contributed by atoms with Gasteiger partial charge in [0, 0.05) is 24.7 Å². The molecule has 2 aromatic rings. The average Bonchev–Trinajstić information content (AvgIpc) is 2.72. The molecule has 0 aliphatic rings. The van der Waals surface area contributed by atoms with Crippen molar-refractivity contribution < 1.29 is 4.39 Å². The monoisotopic (exact) mass is 440 g/mol. The molecule has 0 fully saturated rings. The first-order valence-corrected chi connectivity index (χ1v) is 7.99. The third kappa shape index (κ3) is 3.51. The molecule has 1 heterocycles. The summed E-state index contributed by atoms with van der Waals surface area (Å²) in [4.78, 5) is 1.23. The van der Waals surface area contributed by atoms with Gasteiger partial charge in [0.1, 0.15) is 5.82 Å². The minimum absolute atomic E-state index is 0.0111. The first-order valence-electron chi connectivity index (χ1n) is 5.24. The second kappa shape index (κ2) is 6.42. The van der Waals surface area contributed by atoms with Crippen molar-refractivity contribution in [3.05, 3.63) is 53.9 Å². The lowest BCUT2D eigenvalue weighted by molar-refractivity contribution is 0.550. The minimum Gasteiger partial charge on any atom is -0.271 e. The number of hydrogen-bond acceptors (Lipinski definition) is 3. The van der Waals surface area contributed by atoms with Gasteiger partial charge in [0.2, 0.25) is 0 Å². The maximum atomic E-state index is 13.1. The molecule has 1 atom stereocenters. The van der Waals surface area contributed by atoms with E-state index in [1.807, 2.05) is 5.38 Å². The molecule has 0 saturated carbocycles. The summed E-state index contributed by atoms with van der Waals surface area (Å²) in [6, 6.07) is 6.83. The molecule has 96 valence electrons. The molecule has 1 aromatic heterocycles. The van der Waals surface area contributed by atoms with Gasteiger partial charge >= 0.3 is 0 Å². The van der Waals surface area contributed by atoms with Crippen molar-refractivity contribution in [1.82, 2.24) is 5.43 Å². The Morgan fingerprint density at radius 1 is 1.44 bits per heavy atom. The van der Waals surface area contributed by atoms with Gasteiger partial charge in [0.05, 0.1) is 6.04 Å². The zero-order chi connectivity index (χ0) is 13.1. The molecule has 0 aliphatic carbocycles. The Hall–Kier alpha value is -0.0200. The van der Waals surface area contributed by atoms with Gasteiger partial charge in [-0.05, 0) is 62.3 Å². The number of thiophene rings is 1. The summed E-state index contributed by atoms with van der Waals surface area (Å²) in [6.45, 7) is 0. The summed E-state index contributed by atoms with van der Waals surface area (Å²) in [6.07, 6.45) is 0.786. The lowest BCUT2D eigenvalue weighted by atomic mass is 10.0. The number of rotatable bonds is 4. The van der Waals surface area contributed by atoms with Crippen molar-refractivity contribution in [2.24, 2.45) is 5.84 Å². The van der Waals surface area contributed by atoms with E-state index in [0.717, 1.165) is 20.0 Å². The molecule has 0 saturated heterocycles. The van der Waals surface area contributed by atoms with Crippen LogP contribution in [0.15, 0.2) is 34.1 Å². The fourth-order valence-electron chi connectivity index (χ4n) is 1.70. The highest BCUT2D eigenvalue weighted by molar-refractivity contribution is 14.1. The largest absolute Gasteiger partial charge is 0.271 e. The summed E-state index contributed by atoms with van der Waals surface area (Å²) in [5.41, 5.74) is 3.82. The Balaban J connectivity index is 2.22. The van der Waals surface area contributed by atoms with Gasteiger partial charge in [-0.2, -0.15) is 0 Å². The number of nitrogens with two attached hydrogens (primary N) is 1. The SMILES string of the molecule is NNC(Cc1cc(Br)cs1)c1ccc(F)cc1I. The Morgan fingerprint density at radius 2 is 2.22 bits per heavy atom. The summed E-state index contributed by atoms with van der Waals surface area (Å²) in [5.74, 6) is 5.39. The highest BCUT2D eigenvalue weighted by Crippen LogP contribution is 2.27. The van der Waals surface area contributed by atoms with Crippen molar-refractivity contribution in [3.8, 4) is 0 Å². The fourth-order valence-corrected chi connectivity index (χ4v) is 4.06. The van der Waals surface area contributed by atoms with Crippen molar-refractivity contribution in [3.63, 3.8) is 0 Å². The van der Waals surface area contributed by atoms with Crippen LogP contribution in [0.5, 0.6) is 0 Å². The lowest BCUT2D eigenvalue weighted by Crippen LogP contribution is -2.30. The van der Waals surface area contributed by atoms with Crippen LogP contribution in [-0.2, 0) is 6.42 Å². The molecule has 3 N–H and O–H groups in total. The fraction of sp³-hybridized carbons (Fsp3) is 0.167. The van der Waals surface area contributed by atoms with Crippen LogP contribution in [-0.4, -0.2) is 0 Å². The van der Waals surface area contributed by atoms with E-state index < -0.39 is 0 Å². The second-order valence-corrected chi connectivity index (χ2v) is 6.89. The van der Waals surface area contributed by atoms with E-state index in [2.05, 4.69) is 50.0 Å². The summed E-state index contributed by atoms with van der Waals surface area (Å²) in [5, 5.41) is 2.04. The Bertz CT molecular complexity index is 547. The lowest BCUT2D eigenvalue weighted by Gasteiger charge is -2.17. The molecule has 0 spiro atoms. The van der Waals surface area contributed by atoms with E-state index in [4.69, 9.17) is 5.84 Å². The molecular weight excluding hydrogens is 430 g/mol. The Kier molecular flexibility index (Phi) is 5.14. The van der Waals surface area contributed by atoms with Gasteiger partial charge in [-0.25, -0.2) is 4.39 Å². The second-order valence-electron chi connectivity index (χ2n) is 3.82. The van der Waals surface area contributed by atoms with Crippen LogP contribution in [0.25, 0.3) is 0 Å². The van der Waals surface area contributed by atoms with Crippen LogP contribution < -0.4 is 11.3 Å². The number of halogens is 3. The highest BCUT2D eigenvalue weighted by Gasteiger charge is 2.15. The van der Waals surface area contributed by atoms with Gasteiger partial charge in [-0.3, -0.25) is 11.3 Å². The van der Waals surface area contributed by atoms with Gasteiger partial charge in [0.15, 0.2) is 0 Å². The zero-order valence-corrected chi connectivity index (χ0v) is 13.9. The van der Waals surface area contributed by atoms with Crippen molar-refractivity contribution in [1.29, 1.82) is 0 Å². The summed E-state index contributed by atoms with van der Waals surface area (Å²) < 4.78 is 15.0. The molecule has 0 bridgehead atoms. The molecule has 1 unspecified atom stereocenters. The van der Waals surface area contributed by atoms with Crippen LogP contribution >= 0.6 is 49.9 Å². The van der Waals surface area contributed by atoms with Gasteiger partial charge in [-0.1, -0.05) is 6.07 Å². The van der Waals surface area contributed by atoms with Crippen LogP contribution in [0.2, 0.25) is 0 Å². The Labute approximate surface area is 131 Å². The number of hydrogen-bond donors (Lipinski definition) is 2. The predicted molar refractivity (Wildman–Crippen MR) is 84.9 cm³/mol. The Morgan fingerprint density at radius 3 is 2.78 bits per heavy atom. The highest BCUT2D eigenvalue weighted by atomic mass is 127. The third-order valence-corrected chi connectivity index (χ3v) is 5.22. The molecule has 0 amide bonds. The van der Waals surface area contributed by atoms with Crippen LogP contribution in [0.3, 0.4) is 0 Å². The number of nitrogens with one attached hydrogen (secondary N) is 1. The zero-order valence-electron chi connectivity index (χ0n) is 9.29. The minimum atomic E-state index is -0.224. The normalized spacial score (nSPS) is 12.7. The summed E-state index contributed by atoms with van der Waals surface area (Å²) >= 11 is 7.24. The third-order valence-electron chi connectivity index (χ3n) is 2.57. The van der Waals surface area contributed by atoms with Crippen molar-refractivity contribution >= 4 is 49.9 Å². The number of hydrazine groups is 1. The maximum Gasteiger partial charge on any atom is 0.124 e. The van der Waals surface area contributed by atoms with E-state index >= 15 is 0 Å². The predicted octanol–water partition coefficient (Wildman–Crippen LogP) is 4.00. The summed E-state index contributed by atoms with van der Waals surface area (Å²) in [7, 11) is 0. The first kappa shape index (κ1) is 14.4. The van der Waals surface area contributed by atoms with Crippen LogP contribution in [0.4, 0.5) is 4.39 Å². The van der Waals surface area contributed by atoms with E-state index in [9.17, 15) is 4.39 Å². The molecular formula is C12H11BrFIN2S. The molecule has 6 heteroatoms. The average molecular weight is 441 g/mol. The van der Waals surface area contributed by atoms with E-state index in [1.165, 1.54) is 17.0 Å². The van der Waals surface area contributed by atoms with E-state index in [-0.39, 0.29) is 11.9 Å². The molecule has 0 radical (unpaired) electrons. The molecule has 18 heavy (non-hydrogen) atoms. The molecule has 1 aromatic carbocycles. The quantitative estimate of drug-likeness (QED) is 0.428. The van der Waals surface area contributed by atoms with Gasteiger partial charge in [-0.15, -0.1) is 11.3 Å². The van der Waals surface area contributed by atoms with Gasteiger partial charge in [0.25, 0.3) is 0 Å². The maximum absolute atomic E-state index is 13.1. The smallest absolute Gasteiger partial charge is 0.124 e. The first-order chi connectivity index (χ1) is 8.60. The molecule has 2 rings (SSSR count). The van der Waals surface area contributed by atoms with Crippen LogP contribution in [0.1, 0.15) is 16.5 Å². The van der Waals surface area contributed by atoms with Crippen molar-refractivity contribution in [2.45, 2.75) is 12.5 Å².